The predicted molar refractivity (Wildman–Crippen MR) is 68.9 cm³/mol. The van der Waals surface area contributed by atoms with E-state index in [1.807, 2.05) is 18.2 Å². The lowest BCUT2D eigenvalue weighted by atomic mass is 9.92. The maximum absolute atomic E-state index is 10.2. The summed E-state index contributed by atoms with van der Waals surface area (Å²) in [7, 11) is 0. The molecule has 1 aliphatic heterocycles. The van der Waals surface area contributed by atoms with Gasteiger partial charge < -0.3 is 9.84 Å². The second-order valence-corrected chi connectivity index (χ2v) is 4.53. The molecule has 2 atom stereocenters. The van der Waals surface area contributed by atoms with E-state index in [-0.39, 0.29) is 6.10 Å². The van der Waals surface area contributed by atoms with E-state index in [0.29, 0.717) is 6.61 Å². The zero-order chi connectivity index (χ0) is 12.1. The van der Waals surface area contributed by atoms with E-state index in [0.717, 1.165) is 31.2 Å². The van der Waals surface area contributed by atoms with Crippen LogP contribution in [0.3, 0.4) is 0 Å². The molecule has 0 amide bonds. The third kappa shape index (κ3) is 2.96. The average Bonchev–Trinajstić information content (AvgIpc) is 2.38. The van der Waals surface area contributed by atoms with Crippen LogP contribution in [0.1, 0.15) is 36.5 Å². The molecule has 2 unspecified atom stereocenters. The van der Waals surface area contributed by atoms with Gasteiger partial charge in [-0.05, 0) is 36.8 Å². The Bertz CT molecular complexity index is 373. The van der Waals surface area contributed by atoms with Crippen molar-refractivity contribution in [3.05, 3.63) is 48.0 Å². The fourth-order valence-corrected chi connectivity index (χ4v) is 2.37. The molecule has 2 nitrogen and oxygen atoms in total. The Hall–Kier alpha value is -1.12. The molecule has 1 N–H and O–H groups in total. The van der Waals surface area contributed by atoms with E-state index in [1.165, 1.54) is 5.56 Å². The van der Waals surface area contributed by atoms with Gasteiger partial charge in [-0.1, -0.05) is 30.3 Å². The van der Waals surface area contributed by atoms with Gasteiger partial charge >= 0.3 is 0 Å². The third-order valence-electron chi connectivity index (χ3n) is 3.29. The molecule has 1 aliphatic rings. The maximum Gasteiger partial charge on any atom is 0.109 e. The summed E-state index contributed by atoms with van der Waals surface area (Å²) in [4.78, 5) is 0. The van der Waals surface area contributed by atoms with Crippen molar-refractivity contribution in [2.45, 2.75) is 37.9 Å². The minimum atomic E-state index is -0.406. The first-order valence-corrected chi connectivity index (χ1v) is 6.31. The Kier molecular flexibility index (Phi) is 4.35. The summed E-state index contributed by atoms with van der Waals surface area (Å²) >= 11 is 0. The number of rotatable bonds is 5. The molecule has 0 fully saturated rings. The first-order valence-electron chi connectivity index (χ1n) is 6.31. The Morgan fingerprint density at radius 2 is 2.29 bits per heavy atom. The van der Waals surface area contributed by atoms with E-state index >= 15 is 0 Å². The van der Waals surface area contributed by atoms with Gasteiger partial charge in [-0.25, -0.2) is 0 Å². The summed E-state index contributed by atoms with van der Waals surface area (Å²) in [5, 5.41) is 10.2. The number of benzene rings is 1. The van der Waals surface area contributed by atoms with Crippen molar-refractivity contribution in [1.29, 1.82) is 0 Å². The van der Waals surface area contributed by atoms with Crippen LogP contribution < -0.4 is 0 Å². The van der Waals surface area contributed by atoms with E-state index < -0.39 is 6.10 Å². The number of aliphatic hydroxyl groups is 1. The van der Waals surface area contributed by atoms with E-state index in [1.54, 1.807) is 0 Å². The number of hydrogen-bond donors (Lipinski definition) is 1. The molecule has 0 saturated heterocycles. The molecule has 0 bridgehead atoms. The van der Waals surface area contributed by atoms with Crippen molar-refractivity contribution >= 4 is 0 Å². The number of allylic oxidation sites excluding steroid dienone is 1. The van der Waals surface area contributed by atoms with Gasteiger partial charge in [0, 0.05) is 0 Å². The van der Waals surface area contributed by atoms with Gasteiger partial charge in [0.15, 0.2) is 0 Å². The van der Waals surface area contributed by atoms with Crippen LogP contribution in [0.25, 0.3) is 0 Å². The van der Waals surface area contributed by atoms with Crippen molar-refractivity contribution in [3.63, 3.8) is 0 Å². The van der Waals surface area contributed by atoms with E-state index in [2.05, 4.69) is 18.7 Å². The number of hydrogen-bond acceptors (Lipinski definition) is 2. The van der Waals surface area contributed by atoms with Gasteiger partial charge in [-0.3, -0.25) is 0 Å². The largest absolute Gasteiger partial charge is 0.390 e. The SMILES string of the molecule is C=CCCCC(O)C1OCCc2ccccc21. The average molecular weight is 232 g/mol. The normalized spacial score (nSPS) is 20.6. The molecule has 17 heavy (non-hydrogen) atoms. The van der Waals surface area contributed by atoms with Gasteiger partial charge in [0.25, 0.3) is 0 Å². The van der Waals surface area contributed by atoms with Crippen LogP contribution >= 0.6 is 0 Å². The van der Waals surface area contributed by atoms with Crippen molar-refractivity contribution in [2.24, 2.45) is 0 Å². The monoisotopic (exact) mass is 232 g/mol. The van der Waals surface area contributed by atoms with Crippen LogP contribution in [-0.4, -0.2) is 17.8 Å². The molecular weight excluding hydrogens is 212 g/mol. The summed E-state index contributed by atoms with van der Waals surface area (Å²) in [6, 6.07) is 8.25. The zero-order valence-corrected chi connectivity index (χ0v) is 10.1. The second kappa shape index (κ2) is 5.99. The molecule has 92 valence electrons. The molecule has 0 spiro atoms. The summed E-state index contributed by atoms with van der Waals surface area (Å²) < 4.78 is 5.72. The highest BCUT2D eigenvalue weighted by Crippen LogP contribution is 2.31. The van der Waals surface area contributed by atoms with E-state index in [4.69, 9.17) is 4.74 Å². The first-order chi connectivity index (χ1) is 8.33. The lowest BCUT2D eigenvalue weighted by Gasteiger charge is -2.29. The first kappa shape index (κ1) is 12.3. The predicted octanol–water partition coefficient (Wildman–Crippen LogP) is 3.02. The molecule has 0 aliphatic carbocycles. The van der Waals surface area contributed by atoms with Gasteiger partial charge in [0.05, 0.1) is 12.7 Å². The zero-order valence-electron chi connectivity index (χ0n) is 10.1. The topological polar surface area (TPSA) is 29.5 Å². The molecule has 1 aromatic rings. The molecule has 1 aromatic carbocycles. The van der Waals surface area contributed by atoms with Crippen LogP contribution in [-0.2, 0) is 11.2 Å². The van der Waals surface area contributed by atoms with Gasteiger partial charge in [-0.2, -0.15) is 0 Å². The quantitative estimate of drug-likeness (QED) is 0.624. The Morgan fingerprint density at radius 1 is 1.47 bits per heavy atom. The van der Waals surface area contributed by atoms with Gasteiger partial charge in [-0.15, -0.1) is 6.58 Å². The maximum atomic E-state index is 10.2. The summed E-state index contributed by atoms with van der Waals surface area (Å²) in [6.45, 7) is 4.40. The van der Waals surface area contributed by atoms with Crippen molar-refractivity contribution in [3.8, 4) is 0 Å². The molecule has 0 saturated carbocycles. The van der Waals surface area contributed by atoms with Crippen molar-refractivity contribution < 1.29 is 9.84 Å². The molecular formula is C15H20O2. The van der Waals surface area contributed by atoms with Crippen LogP contribution in [0.4, 0.5) is 0 Å². The van der Waals surface area contributed by atoms with Crippen LogP contribution in [0.15, 0.2) is 36.9 Å². The Labute approximate surface area is 103 Å². The molecule has 0 radical (unpaired) electrons. The third-order valence-corrected chi connectivity index (χ3v) is 3.29. The lowest BCUT2D eigenvalue weighted by Crippen LogP contribution is -2.26. The minimum absolute atomic E-state index is 0.148. The van der Waals surface area contributed by atoms with Crippen LogP contribution in [0.2, 0.25) is 0 Å². The Balaban J connectivity index is 2.04. The number of unbranched alkanes of at least 4 members (excludes halogenated alkanes) is 1. The number of ether oxygens (including phenoxy) is 1. The highest BCUT2D eigenvalue weighted by molar-refractivity contribution is 5.31. The lowest BCUT2D eigenvalue weighted by molar-refractivity contribution is -0.0500. The van der Waals surface area contributed by atoms with Crippen LogP contribution in [0.5, 0.6) is 0 Å². The highest BCUT2D eigenvalue weighted by Gasteiger charge is 2.26. The fourth-order valence-electron chi connectivity index (χ4n) is 2.37. The molecule has 1 heterocycles. The highest BCUT2D eigenvalue weighted by atomic mass is 16.5. The minimum Gasteiger partial charge on any atom is -0.390 e. The number of fused-ring (bicyclic) bond motifs is 1. The second-order valence-electron chi connectivity index (χ2n) is 4.53. The standard InChI is InChI=1S/C15H20O2/c1-2-3-4-9-14(16)15-13-8-6-5-7-12(13)10-11-17-15/h2,5-8,14-16H,1,3-4,9-11H2. The fraction of sp³-hybridized carbons (Fsp3) is 0.467. The van der Waals surface area contributed by atoms with E-state index in [9.17, 15) is 5.11 Å². The summed E-state index contributed by atoms with van der Waals surface area (Å²) in [6.07, 6.45) is 4.97. The van der Waals surface area contributed by atoms with Gasteiger partial charge in [0.2, 0.25) is 0 Å². The summed E-state index contributed by atoms with van der Waals surface area (Å²) in [5.41, 5.74) is 2.47. The van der Waals surface area contributed by atoms with Crippen molar-refractivity contribution in [1.82, 2.24) is 0 Å². The van der Waals surface area contributed by atoms with Crippen LogP contribution in [0, 0.1) is 0 Å². The van der Waals surface area contributed by atoms with Crippen molar-refractivity contribution in [2.75, 3.05) is 6.61 Å². The van der Waals surface area contributed by atoms with Gasteiger partial charge in [0.1, 0.15) is 6.10 Å². The number of aliphatic hydroxyl groups excluding tert-OH is 1. The molecule has 2 rings (SSSR count). The summed E-state index contributed by atoms with van der Waals surface area (Å²) in [5.74, 6) is 0. The Morgan fingerprint density at radius 3 is 3.12 bits per heavy atom. The molecule has 2 heteroatoms. The smallest absolute Gasteiger partial charge is 0.109 e. The molecule has 0 aromatic heterocycles.